The molecule has 0 spiro atoms. The van der Waals surface area contributed by atoms with Crippen LogP contribution in [-0.2, 0) is 11.2 Å². The molecule has 0 aliphatic carbocycles. The zero-order chi connectivity index (χ0) is 14.5. The molecule has 0 bridgehead atoms. The molecule has 0 aromatic carbocycles. The highest BCUT2D eigenvalue weighted by atomic mass is 35.5. The van der Waals surface area contributed by atoms with Crippen molar-refractivity contribution in [2.75, 3.05) is 6.54 Å². The second-order valence-electron chi connectivity index (χ2n) is 4.90. The first-order valence-electron chi connectivity index (χ1n) is 7.04. The molecule has 0 saturated carbocycles. The van der Waals surface area contributed by atoms with E-state index in [2.05, 4.69) is 10.3 Å². The largest absolute Gasteiger partial charge is 0.355 e. The summed E-state index contributed by atoms with van der Waals surface area (Å²) in [6.07, 6.45) is 6.27. The SMILES string of the molecule is CCC(CC)C(=O)NCCc1cn2cc(Cl)ccc2n1. The van der Waals surface area contributed by atoms with Gasteiger partial charge in [-0.3, -0.25) is 4.79 Å². The average Bonchev–Trinajstić information content (AvgIpc) is 2.82. The number of carbonyl (C=O) groups excluding carboxylic acids is 1. The predicted molar refractivity (Wildman–Crippen MR) is 81.0 cm³/mol. The zero-order valence-corrected chi connectivity index (χ0v) is 12.7. The number of rotatable bonds is 6. The van der Waals surface area contributed by atoms with Crippen LogP contribution in [-0.4, -0.2) is 21.8 Å². The fourth-order valence-electron chi connectivity index (χ4n) is 2.26. The molecular weight excluding hydrogens is 274 g/mol. The molecule has 0 unspecified atom stereocenters. The highest BCUT2D eigenvalue weighted by Gasteiger charge is 2.13. The van der Waals surface area contributed by atoms with Crippen LogP contribution in [0.5, 0.6) is 0 Å². The van der Waals surface area contributed by atoms with Crippen molar-refractivity contribution in [1.29, 1.82) is 0 Å². The van der Waals surface area contributed by atoms with E-state index in [1.54, 1.807) is 0 Å². The molecule has 0 aliphatic rings. The van der Waals surface area contributed by atoms with Gasteiger partial charge in [0.15, 0.2) is 0 Å². The fourth-order valence-corrected chi connectivity index (χ4v) is 2.42. The Labute approximate surface area is 124 Å². The molecule has 2 aromatic rings. The Kier molecular flexibility index (Phi) is 5.01. The molecule has 0 atom stereocenters. The number of hydrogen-bond donors (Lipinski definition) is 1. The first-order valence-corrected chi connectivity index (χ1v) is 7.42. The molecule has 108 valence electrons. The van der Waals surface area contributed by atoms with Crippen molar-refractivity contribution in [2.24, 2.45) is 5.92 Å². The van der Waals surface area contributed by atoms with Gasteiger partial charge in [0, 0.05) is 31.3 Å². The van der Waals surface area contributed by atoms with Crippen LogP contribution in [0.3, 0.4) is 0 Å². The van der Waals surface area contributed by atoms with Gasteiger partial charge in [-0.2, -0.15) is 0 Å². The topological polar surface area (TPSA) is 46.4 Å². The third-order valence-electron chi connectivity index (χ3n) is 3.50. The maximum Gasteiger partial charge on any atom is 0.223 e. The van der Waals surface area contributed by atoms with E-state index in [4.69, 9.17) is 11.6 Å². The summed E-state index contributed by atoms with van der Waals surface area (Å²) >= 11 is 5.93. The van der Waals surface area contributed by atoms with Crippen LogP contribution in [0.15, 0.2) is 24.5 Å². The van der Waals surface area contributed by atoms with E-state index >= 15 is 0 Å². The molecule has 0 radical (unpaired) electrons. The second-order valence-corrected chi connectivity index (χ2v) is 5.34. The first-order chi connectivity index (χ1) is 9.63. The highest BCUT2D eigenvalue weighted by molar-refractivity contribution is 6.30. The van der Waals surface area contributed by atoms with Crippen molar-refractivity contribution in [2.45, 2.75) is 33.1 Å². The first kappa shape index (κ1) is 14.9. The Morgan fingerprint density at radius 2 is 2.10 bits per heavy atom. The number of aromatic nitrogens is 2. The number of imidazole rings is 1. The molecular formula is C15H20ClN3O. The maximum atomic E-state index is 11.9. The van der Waals surface area contributed by atoms with E-state index in [0.29, 0.717) is 11.6 Å². The Hall–Kier alpha value is -1.55. The number of nitrogens with one attached hydrogen (secondary N) is 1. The van der Waals surface area contributed by atoms with Crippen LogP contribution in [0.25, 0.3) is 5.65 Å². The van der Waals surface area contributed by atoms with Crippen molar-refractivity contribution in [3.05, 3.63) is 35.2 Å². The van der Waals surface area contributed by atoms with Crippen molar-refractivity contribution in [1.82, 2.24) is 14.7 Å². The molecule has 0 saturated heterocycles. The van der Waals surface area contributed by atoms with Gasteiger partial charge in [-0.05, 0) is 25.0 Å². The number of amides is 1. The highest BCUT2D eigenvalue weighted by Crippen LogP contribution is 2.12. The summed E-state index contributed by atoms with van der Waals surface area (Å²) in [5.41, 5.74) is 1.83. The van der Waals surface area contributed by atoms with Gasteiger partial charge in [0.05, 0.1) is 10.7 Å². The standard InChI is InChI=1S/C15H20ClN3O/c1-3-11(4-2)15(20)17-8-7-13-10-19-9-12(16)5-6-14(19)18-13/h5-6,9-11H,3-4,7-8H2,1-2H3,(H,17,20). The van der Waals surface area contributed by atoms with Gasteiger partial charge in [0.1, 0.15) is 5.65 Å². The zero-order valence-electron chi connectivity index (χ0n) is 11.9. The third kappa shape index (κ3) is 3.51. The minimum atomic E-state index is 0.120. The lowest BCUT2D eigenvalue weighted by molar-refractivity contribution is -0.125. The number of fused-ring (bicyclic) bond motifs is 1. The maximum absolute atomic E-state index is 11.9. The van der Waals surface area contributed by atoms with Crippen LogP contribution >= 0.6 is 11.6 Å². The Bertz CT molecular complexity index is 590. The van der Waals surface area contributed by atoms with Crippen LogP contribution in [0, 0.1) is 5.92 Å². The number of carbonyl (C=O) groups is 1. The van der Waals surface area contributed by atoms with Crippen molar-refractivity contribution in [3.63, 3.8) is 0 Å². The summed E-state index contributed by atoms with van der Waals surface area (Å²) < 4.78 is 1.90. The monoisotopic (exact) mass is 293 g/mol. The average molecular weight is 294 g/mol. The second kappa shape index (κ2) is 6.75. The molecule has 2 rings (SSSR count). The Morgan fingerprint density at radius 1 is 1.35 bits per heavy atom. The van der Waals surface area contributed by atoms with Gasteiger partial charge >= 0.3 is 0 Å². The third-order valence-corrected chi connectivity index (χ3v) is 3.73. The van der Waals surface area contributed by atoms with Crippen LogP contribution < -0.4 is 5.32 Å². The van der Waals surface area contributed by atoms with Crippen LogP contribution in [0.4, 0.5) is 0 Å². The van der Waals surface area contributed by atoms with Gasteiger partial charge in [-0.15, -0.1) is 0 Å². The lowest BCUT2D eigenvalue weighted by Crippen LogP contribution is -2.31. The number of halogens is 1. The summed E-state index contributed by atoms with van der Waals surface area (Å²) in [6.45, 7) is 4.70. The summed E-state index contributed by atoms with van der Waals surface area (Å²) in [5, 5.41) is 3.66. The van der Waals surface area contributed by atoms with E-state index in [-0.39, 0.29) is 11.8 Å². The molecule has 20 heavy (non-hydrogen) atoms. The van der Waals surface area contributed by atoms with E-state index in [1.165, 1.54) is 0 Å². The van der Waals surface area contributed by atoms with Crippen molar-refractivity contribution in [3.8, 4) is 0 Å². The molecule has 2 aromatic heterocycles. The molecule has 0 aliphatic heterocycles. The Balaban J connectivity index is 1.91. The fraction of sp³-hybridized carbons (Fsp3) is 0.467. The number of nitrogens with zero attached hydrogens (tertiary/aromatic N) is 2. The van der Waals surface area contributed by atoms with E-state index < -0.39 is 0 Å². The van der Waals surface area contributed by atoms with Gasteiger partial charge in [-0.25, -0.2) is 4.98 Å². The van der Waals surface area contributed by atoms with E-state index in [1.807, 2.05) is 42.8 Å². The van der Waals surface area contributed by atoms with Gasteiger partial charge < -0.3 is 9.72 Å². The van der Waals surface area contributed by atoms with E-state index in [9.17, 15) is 4.79 Å². The van der Waals surface area contributed by atoms with Gasteiger partial charge in [0.25, 0.3) is 0 Å². The lowest BCUT2D eigenvalue weighted by atomic mass is 10.0. The lowest BCUT2D eigenvalue weighted by Gasteiger charge is -2.11. The number of hydrogen-bond acceptors (Lipinski definition) is 2. The van der Waals surface area contributed by atoms with E-state index in [0.717, 1.165) is 30.6 Å². The molecule has 1 amide bonds. The van der Waals surface area contributed by atoms with Crippen molar-refractivity contribution < 1.29 is 4.79 Å². The minimum absolute atomic E-state index is 0.120. The summed E-state index contributed by atoms with van der Waals surface area (Å²) in [5.74, 6) is 0.261. The molecule has 0 fully saturated rings. The summed E-state index contributed by atoms with van der Waals surface area (Å²) in [7, 11) is 0. The van der Waals surface area contributed by atoms with Gasteiger partial charge in [0.2, 0.25) is 5.91 Å². The summed E-state index contributed by atoms with van der Waals surface area (Å²) in [6, 6.07) is 3.71. The molecule has 1 N–H and O–H groups in total. The molecule has 4 nitrogen and oxygen atoms in total. The van der Waals surface area contributed by atoms with Crippen LogP contribution in [0.2, 0.25) is 5.02 Å². The number of pyridine rings is 1. The summed E-state index contributed by atoms with van der Waals surface area (Å²) in [4.78, 5) is 16.3. The van der Waals surface area contributed by atoms with Crippen LogP contribution in [0.1, 0.15) is 32.4 Å². The normalized spacial score (nSPS) is 11.2. The smallest absolute Gasteiger partial charge is 0.223 e. The minimum Gasteiger partial charge on any atom is -0.355 e. The molecule has 5 heteroatoms. The Morgan fingerprint density at radius 3 is 2.80 bits per heavy atom. The van der Waals surface area contributed by atoms with Gasteiger partial charge in [-0.1, -0.05) is 25.4 Å². The van der Waals surface area contributed by atoms with Crippen molar-refractivity contribution >= 4 is 23.2 Å². The quantitative estimate of drug-likeness (QED) is 0.889. The predicted octanol–water partition coefficient (Wildman–Crippen LogP) is 3.08. The molecule has 2 heterocycles.